The summed E-state index contributed by atoms with van der Waals surface area (Å²) in [6.07, 6.45) is 3.39. The van der Waals surface area contributed by atoms with Gasteiger partial charge in [0.25, 0.3) is 5.91 Å². The Balaban J connectivity index is 2.06. The third kappa shape index (κ3) is 2.44. The summed E-state index contributed by atoms with van der Waals surface area (Å²) in [5.41, 5.74) is 6.95. The van der Waals surface area contributed by atoms with E-state index in [9.17, 15) is 4.79 Å². The van der Waals surface area contributed by atoms with Gasteiger partial charge in [0, 0.05) is 22.2 Å². The molecule has 3 rings (SSSR count). The highest BCUT2D eigenvalue weighted by Crippen LogP contribution is 2.39. The maximum absolute atomic E-state index is 11.7. The zero-order chi connectivity index (χ0) is 15.2. The fourth-order valence-electron chi connectivity index (χ4n) is 3.38. The molecule has 0 saturated carbocycles. The van der Waals surface area contributed by atoms with E-state index in [1.54, 1.807) is 0 Å². The molecule has 1 aromatic heterocycles. The molecule has 1 unspecified atom stereocenters. The van der Waals surface area contributed by atoms with E-state index >= 15 is 0 Å². The standard InChI is InChI=1S/C17H23N3O/c1-17(2,3)11-5-7-15-13(9-11)12-8-10(16(21)20-18)4-6-14(12)19-15/h4,6,8,11,19H,5,7,9,18H2,1-3H3,(H,20,21). The molecule has 1 aliphatic carbocycles. The number of hydrogen-bond donors (Lipinski definition) is 3. The Hall–Kier alpha value is -1.81. The van der Waals surface area contributed by atoms with Crippen molar-refractivity contribution in [1.29, 1.82) is 0 Å². The number of aryl methyl sites for hydroxylation is 1. The second-order valence-corrected chi connectivity index (χ2v) is 7.12. The van der Waals surface area contributed by atoms with Crippen molar-refractivity contribution in [2.75, 3.05) is 0 Å². The first kappa shape index (κ1) is 14.1. The number of amides is 1. The minimum absolute atomic E-state index is 0.241. The first-order valence-corrected chi connectivity index (χ1v) is 7.54. The number of aromatic amines is 1. The van der Waals surface area contributed by atoms with Crippen LogP contribution in [-0.4, -0.2) is 10.9 Å². The Morgan fingerprint density at radius 2 is 2.14 bits per heavy atom. The molecule has 112 valence electrons. The van der Waals surface area contributed by atoms with E-state index in [0.29, 0.717) is 16.9 Å². The van der Waals surface area contributed by atoms with Crippen molar-refractivity contribution >= 4 is 16.8 Å². The Bertz CT molecular complexity index is 694. The van der Waals surface area contributed by atoms with Gasteiger partial charge in [0.05, 0.1) is 0 Å². The molecule has 2 aromatic rings. The molecular formula is C17H23N3O. The fourth-order valence-corrected chi connectivity index (χ4v) is 3.38. The van der Waals surface area contributed by atoms with Gasteiger partial charge in [0.1, 0.15) is 0 Å². The minimum atomic E-state index is -0.241. The number of H-pyrrole nitrogens is 1. The Labute approximate surface area is 125 Å². The van der Waals surface area contributed by atoms with Gasteiger partial charge in [0.15, 0.2) is 0 Å². The number of hydrogen-bond acceptors (Lipinski definition) is 2. The number of carbonyl (C=O) groups excluding carboxylic acids is 1. The number of nitrogen functional groups attached to an aromatic ring is 1. The number of carbonyl (C=O) groups is 1. The highest BCUT2D eigenvalue weighted by molar-refractivity contribution is 5.98. The number of hydrazine groups is 1. The van der Waals surface area contributed by atoms with Gasteiger partial charge in [-0.2, -0.15) is 0 Å². The SMILES string of the molecule is CC(C)(C)C1CCc2[nH]c3ccc(C(=O)NN)cc3c2C1. The summed E-state index contributed by atoms with van der Waals surface area (Å²) in [5, 5.41) is 1.17. The van der Waals surface area contributed by atoms with Gasteiger partial charge >= 0.3 is 0 Å². The number of fused-ring (bicyclic) bond motifs is 3. The van der Waals surface area contributed by atoms with Crippen LogP contribution in [-0.2, 0) is 12.8 Å². The third-order valence-corrected chi connectivity index (χ3v) is 4.81. The zero-order valence-electron chi connectivity index (χ0n) is 12.9. The lowest BCUT2D eigenvalue weighted by atomic mass is 9.71. The molecule has 0 spiro atoms. The van der Waals surface area contributed by atoms with Crippen LogP contribution in [0.3, 0.4) is 0 Å². The maximum atomic E-state index is 11.7. The first-order valence-electron chi connectivity index (χ1n) is 7.54. The topological polar surface area (TPSA) is 70.9 Å². The Kier molecular flexibility index (Phi) is 3.29. The lowest BCUT2D eigenvalue weighted by molar-refractivity contribution is 0.0954. The monoisotopic (exact) mass is 285 g/mol. The van der Waals surface area contributed by atoms with E-state index < -0.39 is 0 Å². The second kappa shape index (κ2) is 4.88. The van der Waals surface area contributed by atoms with Crippen molar-refractivity contribution < 1.29 is 4.79 Å². The van der Waals surface area contributed by atoms with Crippen molar-refractivity contribution in [3.63, 3.8) is 0 Å². The quantitative estimate of drug-likeness (QED) is 0.428. The molecule has 21 heavy (non-hydrogen) atoms. The largest absolute Gasteiger partial charge is 0.358 e. The van der Waals surface area contributed by atoms with Crippen LogP contribution in [0, 0.1) is 11.3 Å². The van der Waals surface area contributed by atoms with Crippen molar-refractivity contribution in [3.05, 3.63) is 35.0 Å². The van der Waals surface area contributed by atoms with Crippen LogP contribution >= 0.6 is 0 Å². The summed E-state index contributed by atoms with van der Waals surface area (Å²) in [6.45, 7) is 6.93. The molecule has 1 atom stereocenters. The lowest BCUT2D eigenvalue weighted by Crippen LogP contribution is -2.29. The highest BCUT2D eigenvalue weighted by Gasteiger charge is 2.30. The van der Waals surface area contributed by atoms with E-state index in [1.807, 2.05) is 18.2 Å². The first-order chi connectivity index (χ1) is 9.90. The minimum Gasteiger partial charge on any atom is -0.358 e. The fraction of sp³-hybridized carbons (Fsp3) is 0.471. The molecule has 1 aliphatic rings. The second-order valence-electron chi connectivity index (χ2n) is 7.12. The van der Waals surface area contributed by atoms with Gasteiger partial charge in [-0.15, -0.1) is 0 Å². The van der Waals surface area contributed by atoms with Crippen LogP contribution < -0.4 is 11.3 Å². The smallest absolute Gasteiger partial charge is 0.265 e. The molecular weight excluding hydrogens is 262 g/mol. The Morgan fingerprint density at radius 3 is 2.81 bits per heavy atom. The maximum Gasteiger partial charge on any atom is 0.265 e. The molecule has 0 fully saturated rings. The highest BCUT2D eigenvalue weighted by atomic mass is 16.2. The van der Waals surface area contributed by atoms with Crippen LogP contribution in [0.4, 0.5) is 0 Å². The molecule has 4 N–H and O–H groups in total. The van der Waals surface area contributed by atoms with Crippen molar-refractivity contribution in [2.24, 2.45) is 17.2 Å². The van der Waals surface area contributed by atoms with E-state index in [1.165, 1.54) is 23.1 Å². The average molecular weight is 285 g/mol. The number of rotatable bonds is 1. The summed E-state index contributed by atoms with van der Waals surface area (Å²) in [6, 6.07) is 5.75. The number of nitrogens with one attached hydrogen (secondary N) is 2. The average Bonchev–Trinajstić information content (AvgIpc) is 2.82. The van der Waals surface area contributed by atoms with Crippen LogP contribution in [0.2, 0.25) is 0 Å². The van der Waals surface area contributed by atoms with E-state index in [0.717, 1.165) is 18.4 Å². The summed E-state index contributed by atoms with van der Waals surface area (Å²) in [5.74, 6) is 5.67. The zero-order valence-corrected chi connectivity index (χ0v) is 12.9. The van der Waals surface area contributed by atoms with Gasteiger partial charge in [-0.05, 0) is 54.4 Å². The normalized spacial score (nSPS) is 18.6. The van der Waals surface area contributed by atoms with Crippen LogP contribution in [0.25, 0.3) is 10.9 Å². The van der Waals surface area contributed by atoms with E-state index in [2.05, 4.69) is 31.2 Å². The molecule has 4 heteroatoms. The molecule has 0 aliphatic heterocycles. The number of nitrogens with two attached hydrogens (primary N) is 1. The van der Waals surface area contributed by atoms with Crippen LogP contribution in [0.5, 0.6) is 0 Å². The van der Waals surface area contributed by atoms with Gasteiger partial charge in [-0.1, -0.05) is 20.8 Å². The predicted molar refractivity (Wildman–Crippen MR) is 84.9 cm³/mol. The molecule has 0 saturated heterocycles. The molecule has 0 bridgehead atoms. The van der Waals surface area contributed by atoms with Gasteiger partial charge < -0.3 is 4.98 Å². The Morgan fingerprint density at radius 1 is 1.38 bits per heavy atom. The summed E-state index contributed by atoms with van der Waals surface area (Å²) >= 11 is 0. The summed E-state index contributed by atoms with van der Waals surface area (Å²) < 4.78 is 0. The molecule has 1 amide bonds. The number of aromatic nitrogens is 1. The van der Waals surface area contributed by atoms with E-state index in [-0.39, 0.29) is 5.91 Å². The van der Waals surface area contributed by atoms with Gasteiger partial charge in [0.2, 0.25) is 0 Å². The van der Waals surface area contributed by atoms with Gasteiger partial charge in [-0.25, -0.2) is 5.84 Å². The lowest BCUT2D eigenvalue weighted by Gasteiger charge is -2.34. The predicted octanol–water partition coefficient (Wildman–Crippen LogP) is 2.92. The van der Waals surface area contributed by atoms with Crippen molar-refractivity contribution in [2.45, 2.75) is 40.0 Å². The summed E-state index contributed by atoms with van der Waals surface area (Å²) in [7, 11) is 0. The molecule has 1 heterocycles. The summed E-state index contributed by atoms with van der Waals surface area (Å²) in [4.78, 5) is 15.2. The molecule has 0 radical (unpaired) electrons. The van der Waals surface area contributed by atoms with Crippen molar-refractivity contribution in [1.82, 2.24) is 10.4 Å². The van der Waals surface area contributed by atoms with Crippen LogP contribution in [0.1, 0.15) is 48.8 Å². The third-order valence-electron chi connectivity index (χ3n) is 4.81. The van der Waals surface area contributed by atoms with Gasteiger partial charge in [-0.3, -0.25) is 10.2 Å². The van der Waals surface area contributed by atoms with Crippen molar-refractivity contribution in [3.8, 4) is 0 Å². The van der Waals surface area contributed by atoms with Crippen LogP contribution in [0.15, 0.2) is 18.2 Å². The molecule has 4 nitrogen and oxygen atoms in total. The van der Waals surface area contributed by atoms with E-state index in [4.69, 9.17) is 5.84 Å². The molecule has 1 aromatic carbocycles. The number of benzene rings is 1.